The lowest BCUT2D eigenvalue weighted by molar-refractivity contribution is -0.136. The van der Waals surface area contributed by atoms with Crippen LogP contribution in [0.25, 0.3) is 6.08 Å². The summed E-state index contributed by atoms with van der Waals surface area (Å²) in [4.78, 5) is 34.4. The normalized spacial score (nSPS) is 16.0. The minimum Gasteiger partial charge on any atom is -0.466 e. The first-order chi connectivity index (χ1) is 15.5. The molecule has 0 bridgehead atoms. The molecule has 1 aliphatic heterocycles. The first-order valence-electron chi connectivity index (χ1n) is 10.5. The van der Waals surface area contributed by atoms with E-state index in [-0.39, 0.29) is 5.56 Å². The van der Waals surface area contributed by atoms with Crippen LogP contribution in [-0.2, 0) is 9.53 Å². The average Bonchev–Trinajstić information content (AvgIpc) is 3.43. The summed E-state index contributed by atoms with van der Waals surface area (Å²) in [5, 5.41) is 1.94. The van der Waals surface area contributed by atoms with Crippen LogP contribution in [0.3, 0.4) is 0 Å². The Morgan fingerprint density at radius 1 is 1.22 bits per heavy atom. The summed E-state index contributed by atoms with van der Waals surface area (Å²) >= 11 is 2.84. The monoisotopic (exact) mass is 467 g/mol. The molecule has 0 radical (unpaired) electrons. The molecule has 6 nitrogen and oxygen atoms in total. The number of methoxy groups -OCH3 is 1. The highest BCUT2D eigenvalue weighted by Gasteiger charge is 2.33. The van der Waals surface area contributed by atoms with Crippen LogP contribution in [0.1, 0.15) is 37.3 Å². The number of hydrogen-bond donors (Lipinski definition) is 0. The zero-order chi connectivity index (χ0) is 22.8. The lowest BCUT2D eigenvalue weighted by Gasteiger charge is -2.22. The summed E-state index contributed by atoms with van der Waals surface area (Å²) in [6.45, 7) is 7.94. The first kappa shape index (κ1) is 22.2. The number of thiazole rings is 1. The largest absolute Gasteiger partial charge is 0.466 e. The minimum atomic E-state index is -0.536. The van der Waals surface area contributed by atoms with E-state index in [0.29, 0.717) is 20.6 Å². The molecule has 1 atom stereocenters. The molecule has 0 spiro atoms. The van der Waals surface area contributed by atoms with Crippen LogP contribution < -0.4 is 19.8 Å². The number of esters is 1. The third-order valence-electron chi connectivity index (χ3n) is 5.56. The summed E-state index contributed by atoms with van der Waals surface area (Å²) in [6, 6.07) is 11.5. The number of ether oxygens (including phenoxy) is 1. The zero-order valence-electron chi connectivity index (χ0n) is 18.5. The molecule has 0 N–H and O–H groups in total. The molecule has 0 aliphatic carbocycles. The van der Waals surface area contributed by atoms with Crippen molar-refractivity contribution in [2.75, 3.05) is 25.1 Å². The maximum absolute atomic E-state index is 13.5. The van der Waals surface area contributed by atoms with Gasteiger partial charge >= 0.3 is 5.97 Å². The Morgan fingerprint density at radius 2 is 1.94 bits per heavy atom. The van der Waals surface area contributed by atoms with Gasteiger partial charge in [0.05, 0.1) is 22.9 Å². The van der Waals surface area contributed by atoms with Gasteiger partial charge in [0.2, 0.25) is 0 Å². The fourth-order valence-corrected chi connectivity index (χ4v) is 5.80. The molecule has 32 heavy (non-hydrogen) atoms. The van der Waals surface area contributed by atoms with E-state index in [1.165, 1.54) is 29.8 Å². The third-order valence-corrected chi connectivity index (χ3v) is 7.47. The van der Waals surface area contributed by atoms with Gasteiger partial charge in [-0.2, -0.15) is 0 Å². The highest BCUT2D eigenvalue weighted by Crippen LogP contribution is 2.32. The lowest BCUT2D eigenvalue weighted by atomic mass is 10.0. The number of aromatic nitrogens is 1. The molecule has 0 amide bonds. The Hall–Kier alpha value is -2.97. The average molecular weight is 468 g/mol. The van der Waals surface area contributed by atoms with Crippen molar-refractivity contribution < 1.29 is 9.53 Å². The van der Waals surface area contributed by atoms with Gasteiger partial charge in [0.15, 0.2) is 4.80 Å². The van der Waals surface area contributed by atoms with E-state index in [9.17, 15) is 9.59 Å². The van der Waals surface area contributed by atoms with E-state index in [0.717, 1.165) is 29.2 Å². The molecule has 8 heteroatoms. The maximum Gasteiger partial charge on any atom is 0.338 e. The van der Waals surface area contributed by atoms with Crippen molar-refractivity contribution in [3.8, 4) is 0 Å². The smallest absolute Gasteiger partial charge is 0.338 e. The van der Waals surface area contributed by atoms with Gasteiger partial charge < -0.3 is 9.64 Å². The molecule has 0 fully saturated rings. The molecule has 1 aromatic carbocycles. The number of fused-ring (bicyclic) bond motifs is 1. The van der Waals surface area contributed by atoms with E-state index in [2.05, 4.69) is 35.9 Å². The number of allylic oxidation sites excluding steroid dienone is 1. The summed E-state index contributed by atoms with van der Waals surface area (Å²) < 4.78 is 7.22. The number of anilines is 1. The Labute approximate surface area is 194 Å². The van der Waals surface area contributed by atoms with Gasteiger partial charge in [0.1, 0.15) is 6.04 Å². The molecule has 0 saturated heterocycles. The van der Waals surface area contributed by atoms with Crippen LogP contribution in [0.5, 0.6) is 0 Å². The van der Waals surface area contributed by atoms with Crippen LogP contribution in [0.4, 0.5) is 5.69 Å². The van der Waals surface area contributed by atoms with Crippen LogP contribution in [0, 0.1) is 0 Å². The molecule has 3 heterocycles. The molecule has 1 aliphatic rings. The van der Waals surface area contributed by atoms with Crippen molar-refractivity contribution in [1.82, 2.24) is 4.57 Å². The molecule has 166 valence electrons. The van der Waals surface area contributed by atoms with Gasteiger partial charge in [-0.1, -0.05) is 29.5 Å². The fraction of sp³-hybridized carbons (Fsp3) is 0.292. The van der Waals surface area contributed by atoms with Crippen molar-refractivity contribution in [3.05, 3.63) is 83.2 Å². The van der Waals surface area contributed by atoms with Crippen LogP contribution in [0.2, 0.25) is 0 Å². The van der Waals surface area contributed by atoms with E-state index in [4.69, 9.17) is 4.74 Å². The Bertz CT molecular complexity index is 1330. The van der Waals surface area contributed by atoms with Crippen molar-refractivity contribution in [3.63, 3.8) is 0 Å². The highest BCUT2D eigenvalue weighted by atomic mass is 32.1. The fourth-order valence-electron chi connectivity index (χ4n) is 3.93. The Balaban J connectivity index is 1.83. The number of rotatable bonds is 6. The standard InChI is InChI=1S/C24H25N3O3S2/c1-5-26(6-2)17-11-9-16(10-12-17)14-19-22(28)27-21(18-8-7-13-31-18)20(23(29)30-4)15(3)25-24(27)32-19/h7-14,21H,5-6H2,1-4H3/b19-14+/t21-/m1/s1. The van der Waals surface area contributed by atoms with Crippen molar-refractivity contribution in [2.45, 2.75) is 26.8 Å². The number of benzene rings is 1. The molecular formula is C24H25N3O3S2. The van der Waals surface area contributed by atoms with Crippen molar-refractivity contribution in [2.24, 2.45) is 4.99 Å². The van der Waals surface area contributed by atoms with E-state index in [1.807, 2.05) is 35.7 Å². The summed E-state index contributed by atoms with van der Waals surface area (Å²) in [5.74, 6) is -0.467. The third kappa shape index (κ3) is 3.96. The second kappa shape index (κ2) is 9.26. The minimum absolute atomic E-state index is 0.158. The Morgan fingerprint density at radius 3 is 2.53 bits per heavy atom. The quantitative estimate of drug-likeness (QED) is 0.522. The molecular weight excluding hydrogens is 442 g/mol. The zero-order valence-corrected chi connectivity index (χ0v) is 20.1. The number of carbonyl (C=O) groups is 1. The van der Waals surface area contributed by atoms with Crippen molar-refractivity contribution >= 4 is 40.4 Å². The summed E-state index contributed by atoms with van der Waals surface area (Å²) in [5.41, 5.74) is 2.92. The number of carbonyl (C=O) groups excluding carboxylic acids is 1. The van der Waals surface area contributed by atoms with Gasteiger partial charge in [-0.05, 0) is 56.0 Å². The molecule has 2 aromatic heterocycles. The van der Waals surface area contributed by atoms with Crippen LogP contribution in [-0.4, -0.2) is 30.7 Å². The predicted octanol–water partition coefficient (Wildman–Crippen LogP) is 3.32. The van der Waals surface area contributed by atoms with Gasteiger partial charge in [-0.25, -0.2) is 9.79 Å². The Kier molecular flexibility index (Phi) is 6.43. The van der Waals surface area contributed by atoms with E-state index >= 15 is 0 Å². The van der Waals surface area contributed by atoms with E-state index < -0.39 is 12.0 Å². The maximum atomic E-state index is 13.5. The first-order valence-corrected chi connectivity index (χ1v) is 12.2. The van der Waals surface area contributed by atoms with Crippen molar-refractivity contribution in [1.29, 1.82) is 0 Å². The highest BCUT2D eigenvalue weighted by molar-refractivity contribution is 7.10. The van der Waals surface area contributed by atoms with Gasteiger partial charge in [-0.15, -0.1) is 11.3 Å². The molecule has 4 rings (SSSR count). The number of hydrogen-bond acceptors (Lipinski definition) is 7. The molecule has 0 unspecified atom stereocenters. The second-order valence-electron chi connectivity index (χ2n) is 7.35. The van der Waals surface area contributed by atoms with Crippen LogP contribution >= 0.6 is 22.7 Å². The topological polar surface area (TPSA) is 63.9 Å². The molecule has 0 saturated carbocycles. The number of nitrogens with zero attached hydrogens (tertiary/aromatic N) is 3. The molecule has 3 aromatic rings. The summed E-state index contributed by atoms with van der Waals surface area (Å²) in [6.07, 6.45) is 1.89. The number of thiophene rings is 1. The van der Waals surface area contributed by atoms with E-state index in [1.54, 1.807) is 11.5 Å². The van der Waals surface area contributed by atoms with Gasteiger partial charge in [-0.3, -0.25) is 9.36 Å². The predicted molar refractivity (Wildman–Crippen MR) is 130 cm³/mol. The van der Waals surface area contributed by atoms with Gasteiger partial charge in [0, 0.05) is 23.7 Å². The van der Waals surface area contributed by atoms with Crippen LogP contribution in [0.15, 0.2) is 62.8 Å². The lowest BCUT2D eigenvalue weighted by Crippen LogP contribution is -2.39. The second-order valence-corrected chi connectivity index (χ2v) is 9.34. The van der Waals surface area contributed by atoms with Gasteiger partial charge in [0.25, 0.3) is 5.56 Å². The SMILES string of the molecule is CCN(CC)c1ccc(/C=c2/sc3n(c2=O)[C@H](c2cccs2)C(C(=O)OC)=C(C)N=3)cc1. The summed E-state index contributed by atoms with van der Waals surface area (Å²) in [7, 11) is 1.35.